The molecular formula is C26H38N2O9. The fourth-order valence-electron chi connectivity index (χ4n) is 3.91. The Balaban J connectivity index is 2.29. The van der Waals surface area contributed by atoms with Gasteiger partial charge in [-0.25, -0.2) is 4.79 Å². The molecule has 0 aromatic heterocycles. The molecule has 2 amide bonds. The zero-order valence-corrected chi connectivity index (χ0v) is 22.3. The van der Waals surface area contributed by atoms with E-state index in [9.17, 15) is 19.2 Å². The number of carboxylic acid groups (broad SMARTS) is 1. The molecule has 1 heterocycles. The Bertz CT molecular complexity index is 972. The molecule has 2 N–H and O–H groups in total. The monoisotopic (exact) mass is 522 g/mol. The quantitative estimate of drug-likeness (QED) is 0.305. The number of anilines is 1. The van der Waals surface area contributed by atoms with Crippen LogP contribution in [0.3, 0.4) is 0 Å². The van der Waals surface area contributed by atoms with Crippen LogP contribution >= 0.6 is 0 Å². The molecule has 0 aliphatic carbocycles. The molecule has 11 heteroatoms. The highest BCUT2D eigenvalue weighted by molar-refractivity contribution is 6.04. The summed E-state index contributed by atoms with van der Waals surface area (Å²) in [4.78, 5) is 49.8. The van der Waals surface area contributed by atoms with E-state index in [1.165, 1.54) is 26.2 Å². The minimum Gasteiger partial charge on any atom is -0.493 e. The van der Waals surface area contributed by atoms with Gasteiger partial charge in [0, 0.05) is 26.0 Å². The lowest BCUT2D eigenvalue weighted by molar-refractivity contribution is -0.142. The van der Waals surface area contributed by atoms with Crippen LogP contribution in [0.1, 0.15) is 76.6 Å². The van der Waals surface area contributed by atoms with Gasteiger partial charge < -0.3 is 29.0 Å². The number of nitrogens with zero attached hydrogens (tertiary/aromatic N) is 1. The summed E-state index contributed by atoms with van der Waals surface area (Å²) in [6.45, 7) is 7.38. The number of likely N-dealkylation sites (tertiary alicyclic amines) is 1. The maximum Gasteiger partial charge on any atom is 0.412 e. The number of carbonyl (C=O) groups excluding carboxylic acids is 3. The van der Waals surface area contributed by atoms with E-state index in [0.29, 0.717) is 50.3 Å². The molecule has 0 bridgehead atoms. The van der Waals surface area contributed by atoms with Gasteiger partial charge in [0.2, 0.25) is 0 Å². The molecule has 1 atom stereocenters. The van der Waals surface area contributed by atoms with Gasteiger partial charge in [-0.05, 0) is 58.9 Å². The van der Waals surface area contributed by atoms with Crippen molar-refractivity contribution in [3.8, 4) is 11.5 Å². The van der Waals surface area contributed by atoms with Crippen molar-refractivity contribution in [3.05, 3.63) is 17.7 Å². The highest BCUT2D eigenvalue weighted by Crippen LogP contribution is 2.36. The van der Waals surface area contributed by atoms with Crippen LogP contribution in [0.15, 0.2) is 12.1 Å². The third-order valence-corrected chi connectivity index (χ3v) is 5.58. The average molecular weight is 523 g/mol. The van der Waals surface area contributed by atoms with E-state index in [0.717, 1.165) is 6.42 Å². The first-order valence-electron chi connectivity index (χ1n) is 12.4. The van der Waals surface area contributed by atoms with Crippen LogP contribution in [0.4, 0.5) is 10.5 Å². The molecule has 1 unspecified atom stereocenters. The van der Waals surface area contributed by atoms with E-state index in [2.05, 4.69) is 5.32 Å². The first-order valence-corrected chi connectivity index (χ1v) is 12.4. The Morgan fingerprint density at radius 1 is 1.11 bits per heavy atom. The van der Waals surface area contributed by atoms with Crippen LogP contribution in [-0.2, 0) is 19.1 Å². The number of carbonyl (C=O) groups is 4. The van der Waals surface area contributed by atoms with Crippen molar-refractivity contribution in [2.75, 3.05) is 32.2 Å². The summed E-state index contributed by atoms with van der Waals surface area (Å²) < 4.78 is 21.8. The molecule has 1 aliphatic heterocycles. The number of hydrogen-bond acceptors (Lipinski definition) is 8. The molecule has 1 fully saturated rings. The number of carboxylic acids is 1. The number of methoxy groups -OCH3 is 1. The molecule has 2 rings (SSSR count). The number of nitrogens with one attached hydrogen (secondary N) is 1. The van der Waals surface area contributed by atoms with Crippen molar-refractivity contribution in [3.63, 3.8) is 0 Å². The normalized spacial score (nSPS) is 15.2. The number of amides is 2. The van der Waals surface area contributed by atoms with Crippen LogP contribution in [-0.4, -0.2) is 72.5 Å². The summed E-state index contributed by atoms with van der Waals surface area (Å²) in [5.41, 5.74) is -0.370. The SMILES string of the molecule is COc1cc(C(=O)N2CCCC2COC(C)=O)c(NC(=O)OC(C)(C)C)cc1OCCCCCC(=O)O. The van der Waals surface area contributed by atoms with E-state index >= 15 is 0 Å². The minimum atomic E-state index is -0.839. The highest BCUT2D eigenvalue weighted by Gasteiger charge is 2.33. The molecule has 1 aromatic carbocycles. The van der Waals surface area contributed by atoms with Gasteiger partial charge in [-0.3, -0.25) is 19.7 Å². The van der Waals surface area contributed by atoms with E-state index in [-0.39, 0.29) is 36.2 Å². The molecule has 0 spiro atoms. The van der Waals surface area contributed by atoms with Crippen LogP contribution in [0.5, 0.6) is 11.5 Å². The summed E-state index contributed by atoms with van der Waals surface area (Å²) in [6.07, 6.45) is 2.65. The van der Waals surface area contributed by atoms with Crippen molar-refractivity contribution >= 4 is 29.6 Å². The van der Waals surface area contributed by atoms with Crippen molar-refractivity contribution in [1.82, 2.24) is 4.90 Å². The summed E-state index contributed by atoms with van der Waals surface area (Å²) in [7, 11) is 1.45. The molecule has 1 aromatic rings. The van der Waals surface area contributed by atoms with E-state index in [4.69, 9.17) is 24.1 Å². The molecular weight excluding hydrogens is 484 g/mol. The molecule has 0 radical (unpaired) electrons. The van der Waals surface area contributed by atoms with Crippen LogP contribution in [0, 0.1) is 0 Å². The van der Waals surface area contributed by atoms with Gasteiger partial charge in [-0.15, -0.1) is 0 Å². The second kappa shape index (κ2) is 13.7. The Morgan fingerprint density at radius 2 is 1.84 bits per heavy atom. The van der Waals surface area contributed by atoms with E-state index in [1.807, 2.05) is 0 Å². The highest BCUT2D eigenvalue weighted by atomic mass is 16.6. The van der Waals surface area contributed by atoms with Crippen molar-refractivity contribution < 1.29 is 43.2 Å². The summed E-state index contributed by atoms with van der Waals surface area (Å²) in [5.74, 6) is -0.980. The lowest BCUT2D eigenvalue weighted by Crippen LogP contribution is -2.39. The Hall–Kier alpha value is -3.50. The molecule has 11 nitrogen and oxygen atoms in total. The summed E-state index contributed by atoms with van der Waals surface area (Å²) >= 11 is 0. The van der Waals surface area contributed by atoms with Gasteiger partial charge in [-0.2, -0.15) is 0 Å². The fraction of sp³-hybridized carbons (Fsp3) is 0.615. The smallest absolute Gasteiger partial charge is 0.412 e. The third-order valence-electron chi connectivity index (χ3n) is 5.58. The van der Waals surface area contributed by atoms with E-state index < -0.39 is 23.6 Å². The number of benzene rings is 1. The second-order valence-corrected chi connectivity index (χ2v) is 9.83. The Kier molecular flexibility index (Phi) is 11.0. The summed E-state index contributed by atoms with van der Waals surface area (Å²) in [6, 6.07) is 2.75. The molecule has 1 saturated heterocycles. The largest absolute Gasteiger partial charge is 0.493 e. The standard InChI is InChI=1S/C26H38N2O9/c1-17(29)36-16-18-10-9-12-28(18)24(32)19-14-21(34-5)22(35-13-8-6-7-11-23(30)31)15-20(19)27-25(33)37-26(2,3)4/h14-15,18H,6-13,16H2,1-5H3,(H,27,33)(H,30,31). The van der Waals surface area contributed by atoms with Crippen molar-refractivity contribution in [2.24, 2.45) is 0 Å². The number of ether oxygens (including phenoxy) is 4. The molecule has 206 valence electrons. The number of unbranched alkanes of at least 4 members (excludes halogenated alkanes) is 2. The number of rotatable bonds is 12. The van der Waals surface area contributed by atoms with Crippen LogP contribution in [0.25, 0.3) is 0 Å². The Morgan fingerprint density at radius 3 is 2.46 bits per heavy atom. The maximum absolute atomic E-state index is 13.6. The lowest BCUT2D eigenvalue weighted by Gasteiger charge is -2.26. The fourth-order valence-corrected chi connectivity index (χ4v) is 3.91. The van der Waals surface area contributed by atoms with E-state index in [1.54, 1.807) is 25.7 Å². The van der Waals surface area contributed by atoms with Gasteiger partial charge in [-0.1, -0.05) is 0 Å². The second-order valence-electron chi connectivity index (χ2n) is 9.83. The predicted molar refractivity (Wildman–Crippen MR) is 135 cm³/mol. The Labute approximate surface area is 217 Å². The van der Waals surface area contributed by atoms with Crippen LogP contribution in [0.2, 0.25) is 0 Å². The maximum atomic E-state index is 13.6. The van der Waals surface area contributed by atoms with Crippen molar-refractivity contribution in [2.45, 2.75) is 77.9 Å². The van der Waals surface area contributed by atoms with Crippen molar-refractivity contribution in [1.29, 1.82) is 0 Å². The zero-order valence-electron chi connectivity index (χ0n) is 22.3. The minimum absolute atomic E-state index is 0.0934. The molecule has 0 saturated carbocycles. The van der Waals surface area contributed by atoms with Crippen LogP contribution < -0.4 is 14.8 Å². The van der Waals surface area contributed by atoms with Gasteiger partial charge in [0.25, 0.3) is 5.91 Å². The zero-order chi connectivity index (χ0) is 27.6. The predicted octanol–water partition coefficient (Wildman–Crippen LogP) is 4.23. The molecule has 37 heavy (non-hydrogen) atoms. The topological polar surface area (TPSA) is 141 Å². The lowest BCUT2D eigenvalue weighted by atomic mass is 10.1. The molecule has 1 aliphatic rings. The van der Waals surface area contributed by atoms with Gasteiger partial charge in [0.1, 0.15) is 12.2 Å². The first-order chi connectivity index (χ1) is 17.4. The summed E-state index contributed by atoms with van der Waals surface area (Å²) in [5, 5.41) is 11.4. The van der Waals surface area contributed by atoms with Gasteiger partial charge in [0.15, 0.2) is 11.5 Å². The van der Waals surface area contributed by atoms with Gasteiger partial charge >= 0.3 is 18.0 Å². The number of esters is 1. The number of aliphatic carboxylic acids is 1. The first kappa shape index (κ1) is 29.7. The average Bonchev–Trinajstić information content (AvgIpc) is 3.26. The third kappa shape index (κ3) is 9.82. The number of hydrogen-bond donors (Lipinski definition) is 2. The van der Waals surface area contributed by atoms with Gasteiger partial charge in [0.05, 0.1) is 31.0 Å².